The van der Waals surface area contributed by atoms with Crippen molar-refractivity contribution in [1.29, 1.82) is 0 Å². The van der Waals surface area contributed by atoms with Crippen LogP contribution in [0.1, 0.15) is 15.2 Å². The molecule has 1 aromatic rings. The summed E-state index contributed by atoms with van der Waals surface area (Å²) >= 11 is 7.08. The minimum absolute atomic E-state index is 0.221. The van der Waals surface area contributed by atoms with Crippen molar-refractivity contribution in [2.75, 3.05) is 6.54 Å². The number of aliphatic hydroxyl groups excluding tert-OH is 1. The average Bonchev–Trinajstić information content (AvgIpc) is 2.55. The zero-order valence-electron chi connectivity index (χ0n) is 8.49. The Morgan fingerprint density at radius 2 is 2.31 bits per heavy atom. The van der Waals surface area contributed by atoms with Gasteiger partial charge < -0.3 is 16.2 Å². The fourth-order valence-electron chi connectivity index (χ4n) is 0.953. The van der Waals surface area contributed by atoms with Gasteiger partial charge in [0.15, 0.2) is 0 Å². The quantitative estimate of drug-likeness (QED) is 0.728. The number of rotatable bonds is 4. The molecule has 5 nitrogen and oxygen atoms in total. The molecule has 0 saturated heterocycles. The van der Waals surface area contributed by atoms with Crippen molar-refractivity contribution < 1.29 is 14.7 Å². The zero-order chi connectivity index (χ0) is 12.3. The van der Waals surface area contributed by atoms with Crippen molar-refractivity contribution in [1.82, 2.24) is 5.32 Å². The lowest BCUT2D eigenvalue weighted by atomic mass is 10.3. The summed E-state index contributed by atoms with van der Waals surface area (Å²) < 4.78 is 0. The van der Waals surface area contributed by atoms with E-state index >= 15 is 0 Å². The SMILES string of the molecule is Cc1csc(C(=O)NCC(O)C(N)=O)c1Cl. The van der Waals surface area contributed by atoms with Gasteiger partial charge in [-0.1, -0.05) is 11.6 Å². The van der Waals surface area contributed by atoms with Gasteiger partial charge in [0.1, 0.15) is 11.0 Å². The molecule has 1 rings (SSSR count). The van der Waals surface area contributed by atoms with Gasteiger partial charge in [-0.2, -0.15) is 0 Å². The maximum atomic E-state index is 11.6. The number of hydrogen-bond donors (Lipinski definition) is 3. The fourth-order valence-corrected chi connectivity index (χ4v) is 2.15. The minimum Gasteiger partial charge on any atom is -0.381 e. The smallest absolute Gasteiger partial charge is 0.263 e. The molecule has 7 heteroatoms. The number of nitrogens with two attached hydrogens (primary N) is 1. The lowest BCUT2D eigenvalue weighted by molar-refractivity contribution is -0.125. The van der Waals surface area contributed by atoms with Crippen LogP contribution in [-0.2, 0) is 4.79 Å². The Hall–Kier alpha value is -1.11. The largest absolute Gasteiger partial charge is 0.381 e. The first-order chi connectivity index (χ1) is 7.43. The molecule has 0 aliphatic heterocycles. The topological polar surface area (TPSA) is 92.4 Å². The molecule has 0 spiro atoms. The molecule has 0 saturated carbocycles. The molecule has 0 radical (unpaired) electrons. The van der Waals surface area contributed by atoms with Crippen LogP contribution >= 0.6 is 22.9 Å². The minimum atomic E-state index is -1.39. The molecule has 1 atom stereocenters. The van der Waals surface area contributed by atoms with E-state index in [-0.39, 0.29) is 6.54 Å². The van der Waals surface area contributed by atoms with Crippen molar-refractivity contribution in [2.45, 2.75) is 13.0 Å². The van der Waals surface area contributed by atoms with E-state index in [0.717, 1.165) is 5.56 Å². The van der Waals surface area contributed by atoms with Gasteiger partial charge in [0.05, 0.1) is 11.6 Å². The van der Waals surface area contributed by atoms with E-state index in [1.165, 1.54) is 11.3 Å². The number of carbonyl (C=O) groups excluding carboxylic acids is 2. The molecule has 0 aliphatic rings. The van der Waals surface area contributed by atoms with E-state index in [1.807, 2.05) is 0 Å². The second-order valence-corrected chi connectivity index (χ2v) is 4.45. The maximum Gasteiger partial charge on any atom is 0.263 e. The van der Waals surface area contributed by atoms with Crippen LogP contribution in [0.3, 0.4) is 0 Å². The molecule has 88 valence electrons. The lowest BCUT2D eigenvalue weighted by Crippen LogP contribution is -2.39. The third-order valence-electron chi connectivity index (χ3n) is 1.89. The molecule has 4 N–H and O–H groups in total. The van der Waals surface area contributed by atoms with Crippen LogP contribution in [0.5, 0.6) is 0 Å². The molecular formula is C9H11ClN2O3S. The number of primary amides is 1. The molecule has 0 aromatic carbocycles. The zero-order valence-corrected chi connectivity index (χ0v) is 10.1. The van der Waals surface area contributed by atoms with Crippen LogP contribution in [0.2, 0.25) is 5.02 Å². The standard InChI is InChI=1S/C9H11ClN2O3S/c1-4-3-16-7(6(4)10)9(15)12-2-5(13)8(11)14/h3,5,13H,2H2,1H3,(H2,11,14)(H,12,15). The molecular weight excluding hydrogens is 252 g/mol. The summed E-state index contributed by atoms with van der Waals surface area (Å²) in [7, 11) is 0. The summed E-state index contributed by atoms with van der Waals surface area (Å²) in [5.74, 6) is -1.31. The fraction of sp³-hybridized carbons (Fsp3) is 0.333. The summed E-state index contributed by atoms with van der Waals surface area (Å²) in [5, 5.41) is 13.6. The van der Waals surface area contributed by atoms with Gasteiger partial charge in [-0.3, -0.25) is 9.59 Å². The first kappa shape index (κ1) is 13.0. The number of nitrogens with one attached hydrogen (secondary N) is 1. The summed E-state index contributed by atoms with van der Waals surface area (Å²) in [4.78, 5) is 22.4. The molecule has 16 heavy (non-hydrogen) atoms. The third kappa shape index (κ3) is 2.94. The van der Waals surface area contributed by atoms with Crippen molar-refractivity contribution in [3.05, 3.63) is 20.8 Å². The van der Waals surface area contributed by atoms with E-state index in [1.54, 1.807) is 12.3 Å². The highest BCUT2D eigenvalue weighted by Crippen LogP contribution is 2.26. The van der Waals surface area contributed by atoms with Crippen molar-refractivity contribution in [3.63, 3.8) is 0 Å². The summed E-state index contributed by atoms with van der Waals surface area (Å²) in [6, 6.07) is 0. The normalized spacial score (nSPS) is 12.2. The number of carbonyl (C=O) groups is 2. The van der Waals surface area contributed by atoms with Crippen molar-refractivity contribution in [3.8, 4) is 0 Å². The Morgan fingerprint density at radius 1 is 1.69 bits per heavy atom. The molecule has 0 aliphatic carbocycles. The first-order valence-electron chi connectivity index (χ1n) is 4.42. The van der Waals surface area contributed by atoms with Crippen LogP contribution in [-0.4, -0.2) is 29.6 Å². The Labute approximate surface area is 101 Å². The Kier molecular flexibility index (Phi) is 4.28. The number of halogens is 1. The number of aliphatic hydroxyl groups is 1. The monoisotopic (exact) mass is 262 g/mol. The Balaban J connectivity index is 2.60. The second-order valence-electron chi connectivity index (χ2n) is 3.19. The highest BCUT2D eigenvalue weighted by atomic mass is 35.5. The molecule has 0 fully saturated rings. The summed E-state index contributed by atoms with van der Waals surface area (Å²) in [6.45, 7) is 1.56. The van der Waals surface area contributed by atoms with E-state index < -0.39 is 17.9 Å². The van der Waals surface area contributed by atoms with Crippen LogP contribution in [0.25, 0.3) is 0 Å². The maximum absolute atomic E-state index is 11.6. The van der Waals surface area contributed by atoms with Crippen LogP contribution in [0.15, 0.2) is 5.38 Å². The van der Waals surface area contributed by atoms with Crippen LogP contribution < -0.4 is 11.1 Å². The first-order valence-corrected chi connectivity index (χ1v) is 5.68. The van der Waals surface area contributed by atoms with E-state index in [2.05, 4.69) is 5.32 Å². The highest BCUT2D eigenvalue weighted by molar-refractivity contribution is 7.13. The number of thiophene rings is 1. The van der Waals surface area contributed by atoms with Crippen LogP contribution in [0.4, 0.5) is 0 Å². The average molecular weight is 263 g/mol. The van der Waals surface area contributed by atoms with Gasteiger partial charge in [-0.05, 0) is 17.9 Å². The number of aryl methyl sites for hydroxylation is 1. The Bertz CT molecular complexity index is 419. The van der Waals surface area contributed by atoms with Crippen LogP contribution in [0, 0.1) is 6.92 Å². The van der Waals surface area contributed by atoms with Crippen molar-refractivity contribution in [2.24, 2.45) is 5.73 Å². The second kappa shape index (κ2) is 5.29. The molecule has 0 bridgehead atoms. The molecule has 1 aromatic heterocycles. The third-order valence-corrected chi connectivity index (χ3v) is 3.59. The highest BCUT2D eigenvalue weighted by Gasteiger charge is 2.17. The summed E-state index contributed by atoms with van der Waals surface area (Å²) in [5.41, 5.74) is 5.64. The van der Waals surface area contributed by atoms with Gasteiger partial charge in [0.25, 0.3) is 5.91 Å². The molecule has 1 heterocycles. The van der Waals surface area contributed by atoms with Gasteiger partial charge in [0, 0.05) is 0 Å². The predicted molar refractivity (Wildman–Crippen MR) is 61.6 cm³/mol. The predicted octanol–water partition coefficient (Wildman–Crippen LogP) is 0.286. The van der Waals surface area contributed by atoms with E-state index in [4.69, 9.17) is 22.4 Å². The van der Waals surface area contributed by atoms with Crippen molar-refractivity contribution >= 4 is 34.8 Å². The number of amides is 2. The lowest BCUT2D eigenvalue weighted by Gasteiger charge is -2.07. The number of hydrogen-bond acceptors (Lipinski definition) is 4. The van der Waals surface area contributed by atoms with E-state index in [0.29, 0.717) is 9.90 Å². The van der Waals surface area contributed by atoms with Gasteiger partial charge in [-0.15, -0.1) is 11.3 Å². The summed E-state index contributed by atoms with van der Waals surface area (Å²) in [6.07, 6.45) is -1.39. The molecule has 1 unspecified atom stereocenters. The van der Waals surface area contributed by atoms with Gasteiger partial charge >= 0.3 is 0 Å². The van der Waals surface area contributed by atoms with Gasteiger partial charge in [0.2, 0.25) is 5.91 Å². The van der Waals surface area contributed by atoms with E-state index in [9.17, 15) is 9.59 Å². The Morgan fingerprint density at radius 3 is 2.75 bits per heavy atom. The molecule has 2 amide bonds. The van der Waals surface area contributed by atoms with Gasteiger partial charge in [-0.25, -0.2) is 0 Å².